The van der Waals surface area contributed by atoms with Crippen molar-refractivity contribution < 1.29 is 9.18 Å². The molecule has 1 N–H and O–H groups in total. The molecule has 0 atom stereocenters. The van der Waals surface area contributed by atoms with E-state index in [0.717, 1.165) is 17.3 Å². The highest BCUT2D eigenvalue weighted by Gasteiger charge is 2.18. The van der Waals surface area contributed by atoms with Gasteiger partial charge in [-0.2, -0.15) is 5.10 Å². The number of carbonyl (C=O) groups is 1. The van der Waals surface area contributed by atoms with Gasteiger partial charge in [-0.3, -0.25) is 19.6 Å². The number of amides is 1. The molecule has 6 nitrogen and oxygen atoms in total. The van der Waals surface area contributed by atoms with Crippen molar-refractivity contribution >= 4 is 33.3 Å². The van der Waals surface area contributed by atoms with Crippen LogP contribution in [0.1, 0.15) is 10.5 Å². The Kier molecular flexibility index (Phi) is 4.25. The molecule has 2 aromatic carbocycles. The van der Waals surface area contributed by atoms with Crippen molar-refractivity contribution in [3.63, 3.8) is 0 Å². The van der Waals surface area contributed by atoms with Gasteiger partial charge in [-0.15, -0.1) is 11.3 Å². The summed E-state index contributed by atoms with van der Waals surface area (Å²) in [6, 6.07) is 13.3. The smallest absolute Gasteiger partial charge is 0.281 e. The molecule has 4 rings (SSSR count). The number of thiazole rings is 1. The minimum Gasteiger partial charge on any atom is -0.296 e. The average Bonchev–Trinajstić information content (AvgIpc) is 3.13. The van der Waals surface area contributed by atoms with Gasteiger partial charge in [0, 0.05) is 18.0 Å². The Morgan fingerprint density at radius 1 is 1.19 bits per heavy atom. The zero-order valence-electron chi connectivity index (χ0n) is 14.1. The third kappa shape index (κ3) is 3.22. The summed E-state index contributed by atoms with van der Waals surface area (Å²) in [6.07, 6.45) is 0. The van der Waals surface area contributed by atoms with Gasteiger partial charge in [0.25, 0.3) is 5.91 Å². The Morgan fingerprint density at radius 3 is 2.74 bits per heavy atom. The molecular formula is C19H13FN4O2S. The average molecular weight is 380 g/mol. The Balaban J connectivity index is 1.67. The van der Waals surface area contributed by atoms with E-state index in [4.69, 9.17) is 0 Å². The Labute approximate surface area is 156 Å². The molecule has 2 aromatic heterocycles. The van der Waals surface area contributed by atoms with Gasteiger partial charge in [0.05, 0.1) is 16.6 Å². The number of hydrogen-bond acceptors (Lipinski definition) is 5. The van der Waals surface area contributed by atoms with E-state index in [1.807, 2.05) is 35.7 Å². The maximum Gasteiger partial charge on any atom is 0.281 e. The van der Waals surface area contributed by atoms with E-state index in [0.29, 0.717) is 10.6 Å². The first-order valence-corrected chi connectivity index (χ1v) is 8.90. The second kappa shape index (κ2) is 6.73. The van der Waals surface area contributed by atoms with E-state index >= 15 is 0 Å². The maximum absolute atomic E-state index is 13.5. The Bertz CT molecular complexity index is 1220. The van der Waals surface area contributed by atoms with Crippen LogP contribution in [0, 0.1) is 5.82 Å². The highest BCUT2D eigenvalue weighted by atomic mass is 32.1. The van der Waals surface area contributed by atoms with Crippen LogP contribution in [0.3, 0.4) is 0 Å². The molecule has 0 aliphatic rings. The number of rotatable bonds is 3. The van der Waals surface area contributed by atoms with Gasteiger partial charge in [-0.05, 0) is 18.2 Å². The number of carbonyl (C=O) groups excluding carboxylic acids is 1. The minimum absolute atomic E-state index is 0.0989. The zero-order valence-corrected chi connectivity index (χ0v) is 15.0. The van der Waals surface area contributed by atoms with Gasteiger partial charge in [-0.25, -0.2) is 9.37 Å². The lowest BCUT2D eigenvalue weighted by Crippen LogP contribution is -2.26. The molecule has 0 aliphatic heterocycles. The third-order valence-corrected chi connectivity index (χ3v) is 4.78. The van der Waals surface area contributed by atoms with Crippen LogP contribution in [-0.4, -0.2) is 20.7 Å². The Morgan fingerprint density at radius 2 is 1.96 bits per heavy atom. The fourth-order valence-electron chi connectivity index (χ4n) is 2.73. The molecule has 0 bridgehead atoms. The topological polar surface area (TPSA) is 76.9 Å². The highest BCUT2D eigenvalue weighted by Crippen LogP contribution is 2.24. The van der Waals surface area contributed by atoms with E-state index in [1.165, 1.54) is 28.2 Å². The molecule has 4 aromatic rings. The molecule has 0 saturated carbocycles. The SMILES string of the molecule is Cn1nc(C(=O)Nc2nc(-c3ccccc3)cs2)c(=O)c2cc(F)ccc21. The first kappa shape index (κ1) is 17.0. The Hall–Kier alpha value is -3.39. The summed E-state index contributed by atoms with van der Waals surface area (Å²) < 4.78 is 14.9. The predicted octanol–water partition coefficient (Wildman–Crippen LogP) is 3.45. The molecule has 0 fully saturated rings. The second-order valence-electron chi connectivity index (χ2n) is 5.82. The summed E-state index contributed by atoms with van der Waals surface area (Å²) >= 11 is 1.24. The van der Waals surface area contributed by atoms with Gasteiger partial charge in [0.15, 0.2) is 10.8 Å². The first-order chi connectivity index (χ1) is 13.0. The van der Waals surface area contributed by atoms with Crippen molar-refractivity contribution in [3.05, 3.63) is 75.6 Å². The van der Waals surface area contributed by atoms with Crippen molar-refractivity contribution in [3.8, 4) is 11.3 Å². The van der Waals surface area contributed by atoms with Crippen molar-refractivity contribution in [2.45, 2.75) is 0 Å². The van der Waals surface area contributed by atoms with Crippen LogP contribution in [0.5, 0.6) is 0 Å². The number of aryl methyl sites for hydroxylation is 1. The van der Waals surface area contributed by atoms with E-state index in [-0.39, 0.29) is 11.1 Å². The van der Waals surface area contributed by atoms with Gasteiger partial charge in [-0.1, -0.05) is 30.3 Å². The maximum atomic E-state index is 13.5. The van der Waals surface area contributed by atoms with Crippen molar-refractivity contribution in [1.82, 2.24) is 14.8 Å². The highest BCUT2D eigenvalue weighted by molar-refractivity contribution is 7.14. The summed E-state index contributed by atoms with van der Waals surface area (Å²) in [7, 11) is 1.59. The minimum atomic E-state index is -0.685. The lowest BCUT2D eigenvalue weighted by Gasteiger charge is -2.07. The van der Waals surface area contributed by atoms with Crippen molar-refractivity contribution in [1.29, 1.82) is 0 Å². The number of hydrogen-bond donors (Lipinski definition) is 1. The lowest BCUT2D eigenvalue weighted by molar-refractivity contribution is 0.101. The fraction of sp³-hybridized carbons (Fsp3) is 0.0526. The number of nitrogens with one attached hydrogen (secondary N) is 1. The summed E-state index contributed by atoms with van der Waals surface area (Å²) in [6.45, 7) is 0. The van der Waals surface area contributed by atoms with Crippen molar-refractivity contribution in [2.75, 3.05) is 5.32 Å². The molecule has 1 amide bonds. The number of fused-ring (bicyclic) bond motifs is 1. The molecule has 2 heterocycles. The predicted molar refractivity (Wildman–Crippen MR) is 102 cm³/mol. The molecule has 0 aliphatic carbocycles. The molecule has 0 saturated heterocycles. The van der Waals surface area contributed by atoms with Crippen LogP contribution in [0.15, 0.2) is 58.7 Å². The lowest BCUT2D eigenvalue weighted by atomic mass is 10.2. The molecule has 0 spiro atoms. The van der Waals surface area contributed by atoms with Crippen LogP contribution in [0.25, 0.3) is 22.2 Å². The molecular weight excluding hydrogens is 367 g/mol. The molecule has 8 heteroatoms. The van der Waals surface area contributed by atoms with Gasteiger partial charge in [0.1, 0.15) is 5.82 Å². The van der Waals surface area contributed by atoms with Crippen LogP contribution in [0.4, 0.5) is 9.52 Å². The molecule has 0 radical (unpaired) electrons. The van der Waals surface area contributed by atoms with Crippen LogP contribution in [-0.2, 0) is 7.05 Å². The van der Waals surface area contributed by atoms with E-state index in [1.54, 1.807) is 7.05 Å². The van der Waals surface area contributed by atoms with E-state index in [2.05, 4.69) is 15.4 Å². The first-order valence-electron chi connectivity index (χ1n) is 8.02. The summed E-state index contributed by atoms with van der Waals surface area (Å²) in [5.74, 6) is -1.24. The fourth-order valence-corrected chi connectivity index (χ4v) is 3.44. The summed E-state index contributed by atoms with van der Waals surface area (Å²) in [5, 5.41) is 8.89. The zero-order chi connectivity index (χ0) is 19.0. The third-order valence-electron chi connectivity index (χ3n) is 4.03. The molecule has 0 unspecified atom stereocenters. The number of halogens is 1. The van der Waals surface area contributed by atoms with Gasteiger partial charge in [0.2, 0.25) is 5.43 Å². The largest absolute Gasteiger partial charge is 0.296 e. The van der Waals surface area contributed by atoms with Crippen molar-refractivity contribution in [2.24, 2.45) is 7.05 Å². The van der Waals surface area contributed by atoms with Gasteiger partial charge < -0.3 is 0 Å². The second-order valence-corrected chi connectivity index (χ2v) is 6.68. The van der Waals surface area contributed by atoms with E-state index < -0.39 is 17.2 Å². The summed E-state index contributed by atoms with van der Waals surface area (Å²) in [4.78, 5) is 29.5. The summed E-state index contributed by atoms with van der Waals surface area (Å²) in [5.41, 5.74) is 1.15. The number of aromatic nitrogens is 3. The number of benzene rings is 2. The standard InChI is InChI=1S/C19H13FN4O2S/c1-24-15-8-7-12(20)9-13(15)17(25)16(23-24)18(26)22-19-21-14(10-27-19)11-5-3-2-4-6-11/h2-10H,1H3,(H,21,22,26). The molecule has 134 valence electrons. The normalized spacial score (nSPS) is 10.9. The quantitative estimate of drug-likeness (QED) is 0.591. The monoisotopic (exact) mass is 380 g/mol. The van der Waals surface area contributed by atoms with Crippen LogP contribution in [0.2, 0.25) is 0 Å². The van der Waals surface area contributed by atoms with Gasteiger partial charge >= 0.3 is 0 Å². The number of nitrogens with zero attached hydrogens (tertiary/aromatic N) is 3. The number of anilines is 1. The van der Waals surface area contributed by atoms with E-state index in [9.17, 15) is 14.0 Å². The van der Waals surface area contributed by atoms with Crippen LogP contribution < -0.4 is 10.7 Å². The molecule has 27 heavy (non-hydrogen) atoms. The van der Waals surface area contributed by atoms with Crippen LogP contribution >= 0.6 is 11.3 Å².